The van der Waals surface area contributed by atoms with E-state index in [0.29, 0.717) is 11.4 Å². The first-order valence-corrected chi connectivity index (χ1v) is 12.8. The Kier molecular flexibility index (Phi) is 6.78. The number of nitrogens with two attached hydrogens (primary N) is 1. The van der Waals surface area contributed by atoms with Gasteiger partial charge in [0.1, 0.15) is 5.82 Å². The zero-order valence-corrected chi connectivity index (χ0v) is 22.1. The molecule has 5 nitrogen and oxygen atoms in total. The molecule has 0 atom stereocenters. The van der Waals surface area contributed by atoms with Crippen molar-refractivity contribution >= 4 is 18.5 Å². The van der Waals surface area contributed by atoms with Crippen molar-refractivity contribution in [1.29, 1.82) is 5.41 Å². The minimum Gasteiger partial charge on any atom is -0.398 e. The van der Waals surface area contributed by atoms with E-state index in [0.717, 1.165) is 16.7 Å². The molecule has 3 aromatic carbocycles. The minimum absolute atomic E-state index is 0.0324. The van der Waals surface area contributed by atoms with E-state index in [1.165, 1.54) is 12.3 Å². The van der Waals surface area contributed by atoms with Crippen LogP contribution in [0.25, 0.3) is 0 Å². The van der Waals surface area contributed by atoms with Crippen molar-refractivity contribution in [2.45, 2.75) is 44.4 Å². The Labute approximate surface area is 223 Å². The SMILES string of the molecule is CC1(C)OB(C(=N)c2cc(F)cnc2[NH2+]C(c2ccccc2)(c2ccccc2)c2ccccc2)OC1(C)C. The van der Waals surface area contributed by atoms with E-state index in [-0.39, 0.29) is 5.61 Å². The van der Waals surface area contributed by atoms with E-state index < -0.39 is 29.7 Å². The standard InChI is InChI=1S/C31H31BFN3O2/c1-29(2)30(3,4)38-32(37-29)27(34)26-20-25(33)21-35-28(26)36-31(22-14-8-5-9-15-22,23-16-10-6-11-17-23)24-18-12-7-13-19-24/h5-21,34H,1-4H3,(H,35,36)/p+1. The summed E-state index contributed by atoms with van der Waals surface area (Å²) >= 11 is 0. The third-order valence-electron chi connectivity index (χ3n) is 7.70. The van der Waals surface area contributed by atoms with Gasteiger partial charge in [-0.25, -0.2) is 9.37 Å². The predicted octanol–water partition coefficient (Wildman–Crippen LogP) is 5.41. The fourth-order valence-corrected chi connectivity index (χ4v) is 4.93. The zero-order chi connectivity index (χ0) is 27.0. The van der Waals surface area contributed by atoms with Gasteiger partial charge in [0.2, 0.25) is 5.82 Å². The Bertz CT molecular complexity index is 1320. The Morgan fingerprint density at radius 2 is 1.21 bits per heavy atom. The number of halogens is 1. The summed E-state index contributed by atoms with van der Waals surface area (Å²) in [4.78, 5) is 4.52. The molecule has 0 spiro atoms. The third-order valence-corrected chi connectivity index (χ3v) is 7.70. The minimum atomic E-state index is -0.949. The maximum Gasteiger partial charge on any atom is 0.514 e. The number of nitrogens with zero attached hydrogens (tertiary/aromatic N) is 1. The molecule has 1 aliphatic rings. The number of quaternary nitrogens is 1. The monoisotopic (exact) mass is 508 g/mol. The summed E-state index contributed by atoms with van der Waals surface area (Å²) in [6.07, 6.45) is 1.19. The lowest BCUT2D eigenvalue weighted by atomic mass is 9.75. The van der Waals surface area contributed by atoms with Crippen LogP contribution in [0.3, 0.4) is 0 Å². The third kappa shape index (κ3) is 4.58. The van der Waals surface area contributed by atoms with Crippen LogP contribution in [0, 0.1) is 11.2 Å². The molecule has 0 unspecified atom stereocenters. The smallest absolute Gasteiger partial charge is 0.398 e. The Hall–Kier alpha value is -3.65. The van der Waals surface area contributed by atoms with Gasteiger partial charge in [-0.15, -0.1) is 0 Å². The zero-order valence-electron chi connectivity index (χ0n) is 22.1. The van der Waals surface area contributed by atoms with Gasteiger partial charge in [0, 0.05) is 16.7 Å². The Morgan fingerprint density at radius 1 is 0.789 bits per heavy atom. The number of hydrogen-bond donors (Lipinski definition) is 2. The molecular formula is C31H32BFN3O2+. The van der Waals surface area contributed by atoms with Crippen molar-refractivity contribution in [3.63, 3.8) is 0 Å². The number of rotatable bonds is 7. The number of nitrogens with one attached hydrogen (secondary N) is 1. The lowest BCUT2D eigenvalue weighted by Gasteiger charge is -2.33. The lowest BCUT2D eigenvalue weighted by molar-refractivity contribution is -0.644. The molecule has 1 fully saturated rings. The first-order valence-electron chi connectivity index (χ1n) is 12.8. The highest BCUT2D eigenvalue weighted by atomic mass is 19.1. The molecule has 1 aromatic heterocycles. The van der Waals surface area contributed by atoms with Crippen LogP contribution in [0.5, 0.6) is 0 Å². The van der Waals surface area contributed by atoms with Crippen molar-refractivity contribution < 1.29 is 19.0 Å². The lowest BCUT2D eigenvalue weighted by Crippen LogP contribution is -2.91. The van der Waals surface area contributed by atoms with Gasteiger partial charge in [-0.3, -0.25) is 5.32 Å². The second-order valence-corrected chi connectivity index (χ2v) is 10.6. The number of pyridine rings is 1. The molecule has 4 aromatic rings. The van der Waals surface area contributed by atoms with Crippen LogP contribution in [0.1, 0.15) is 49.9 Å². The van der Waals surface area contributed by atoms with Crippen molar-refractivity contribution in [2.24, 2.45) is 0 Å². The van der Waals surface area contributed by atoms with E-state index >= 15 is 0 Å². The first kappa shape index (κ1) is 26.0. The fraction of sp³-hybridized carbons (Fsp3) is 0.226. The van der Waals surface area contributed by atoms with Crippen LogP contribution in [0.4, 0.5) is 10.2 Å². The van der Waals surface area contributed by atoms with Gasteiger partial charge < -0.3 is 14.7 Å². The van der Waals surface area contributed by atoms with Crippen LogP contribution < -0.4 is 5.32 Å². The molecule has 2 heterocycles. The van der Waals surface area contributed by atoms with E-state index in [2.05, 4.69) is 41.4 Å². The van der Waals surface area contributed by atoms with E-state index in [1.807, 2.05) is 87.6 Å². The van der Waals surface area contributed by atoms with Gasteiger partial charge >= 0.3 is 7.12 Å². The normalized spacial score (nSPS) is 16.4. The van der Waals surface area contributed by atoms with Gasteiger partial charge in [-0.05, 0) is 33.8 Å². The summed E-state index contributed by atoms with van der Waals surface area (Å²) in [5.41, 5.74) is 1.41. The van der Waals surface area contributed by atoms with Gasteiger partial charge in [0.25, 0.3) is 0 Å². The second-order valence-electron chi connectivity index (χ2n) is 10.6. The summed E-state index contributed by atoms with van der Waals surface area (Å²) in [5, 5.41) is 11.1. The number of benzene rings is 3. The van der Waals surface area contributed by atoms with E-state index in [9.17, 15) is 4.39 Å². The first-order chi connectivity index (χ1) is 18.1. The molecule has 5 rings (SSSR count). The topological polar surface area (TPSA) is 71.8 Å². The molecule has 0 saturated carbocycles. The molecule has 1 saturated heterocycles. The summed E-state index contributed by atoms with van der Waals surface area (Å²) in [7, 11) is -0.949. The van der Waals surface area contributed by atoms with E-state index in [4.69, 9.17) is 14.7 Å². The summed E-state index contributed by atoms with van der Waals surface area (Å²) in [6, 6.07) is 31.9. The van der Waals surface area contributed by atoms with Crippen LogP contribution in [0.15, 0.2) is 103 Å². The molecule has 0 radical (unpaired) electrons. The predicted molar refractivity (Wildman–Crippen MR) is 148 cm³/mol. The van der Waals surface area contributed by atoms with E-state index in [1.54, 1.807) is 0 Å². The Morgan fingerprint density at radius 3 is 1.63 bits per heavy atom. The van der Waals surface area contributed by atoms with Crippen LogP contribution in [0.2, 0.25) is 0 Å². The van der Waals surface area contributed by atoms with Crippen molar-refractivity contribution in [2.75, 3.05) is 0 Å². The average molecular weight is 508 g/mol. The summed E-state index contributed by atoms with van der Waals surface area (Å²) < 4.78 is 26.9. The number of hydrogen-bond acceptors (Lipinski definition) is 4. The number of aromatic nitrogens is 1. The molecule has 0 aliphatic carbocycles. The summed E-state index contributed by atoms with van der Waals surface area (Å²) in [5.74, 6) is -0.0502. The molecule has 38 heavy (non-hydrogen) atoms. The molecule has 0 amide bonds. The fourth-order valence-electron chi connectivity index (χ4n) is 4.93. The van der Waals surface area contributed by atoms with Crippen molar-refractivity contribution in [3.8, 4) is 0 Å². The molecule has 0 bridgehead atoms. The highest BCUT2D eigenvalue weighted by Crippen LogP contribution is 2.38. The highest BCUT2D eigenvalue weighted by Gasteiger charge is 2.54. The maximum absolute atomic E-state index is 14.6. The highest BCUT2D eigenvalue weighted by molar-refractivity contribution is 6.85. The quantitative estimate of drug-likeness (QED) is 0.199. The van der Waals surface area contributed by atoms with Crippen LogP contribution >= 0.6 is 0 Å². The maximum atomic E-state index is 14.6. The van der Waals surface area contributed by atoms with Gasteiger partial charge in [-0.1, -0.05) is 91.0 Å². The molecule has 3 N–H and O–H groups in total. The van der Waals surface area contributed by atoms with Gasteiger partial charge in [-0.2, -0.15) is 0 Å². The average Bonchev–Trinajstić information content (AvgIpc) is 3.15. The van der Waals surface area contributed by atoms with Gasteiger partial charge in [0.15, 0.2) is 5.54 Å². The molecule has 192 valence electrons. The summed E-state index contributed by atoms with van der Waals surface area (Å²) in [6.45, 7) is 7.73. The Balaban J connectivity index is 1.69. The van der Waals surface area contributed by atoms with Crippen LogP contribution in [-0.4, -0.2) is 28.9 Å². The van der Waals surface area contributed by atoms with Crippen LogP contribution in [-0.2, 0) is 14.8 Å². The van der Waals surface area contributed by atoms with Crippen molar-refractivity contribution in [3.05, 3.63) is 131 Å². The molecule has 1 aliphatic heterocycles. The second kappa shape index (κ2) is 9.91. The largest absolute Gasteiger partial charge is 0.514 e. The molecule has 7 heteroatoms. The van der Waals surface area contributed by atoms with Gasteiger partial charge in [0.05, 0.1) is 28.6 Å². The van der Waals surface area contributed by atoms with Crippen molar-refractivity contribution in [1.82, 2.24) is 4.98 Å². The molecular weight excluding hydrogens is 476 g/mol.